The van der Waals surface area contributed by atoms with E-state index < -0.39 is 0 Å². The van der Waals surface area contributed by atoms with Crippen molar-refractivity contribution in [2.24, 2.45) is 0 Å². The fourth-order valence-electron chi connectivity index (χ4n) is 1.41. The summed E-state index contributed by atoms with van der Waals surface area (Å²) in [6, 6.07) is 3.90. The SMILES string of the molecule is CC(C)OCCN(C)c1ncccc1CCl. The van der Waals surface area contributed by atoms with Crippen molar-refractivity contribution in [2.45, 2.75) is 25.8 Å². The number of pyridine rings is 1. The normalized spacial score (nSPS) is 10.8. The minimum Gasteiger partial charge on any atom is -0.377 e. The molecular formula is C12H19ClN2O. The monoisotopic (exact) mass is 242 g/mol. The molecule has 0 N–H and O–H groups in total. The highest BCUT2D eigenvalue weighted by Gasteiger charge is 2.07. The molecule has 0 aliphatic carbocycles. The molecule has 1 heterocycles. The van der Waals surface area contributed by atoms with Crippen LogP contribution in [0.2, 0.25) is 0 Å². The molecule has 0 unspecified atom stereocenters. The highest BCUT2D eigenvalue weighted by molar-refractivity contribution is 6.17. The number of rotatable bonds is 6. The van der Waals surface area contributed by atoms with Gasteiger partial charge in [0.25, 0.3) is 0 Å². The molecule has 3 nitrogen and oxygen atoms in total. The minimum absolute atomic E-state index is 0.268. The molecule has 1 rings (SSSR count). The molecule has 0 aliphatic heterocycles. The first kappa shape index (κ1) is 13.3. The smallest absolute Gasteiger partial charge is 0.132 e. The average molecular weight is 243 g/mol. The highest BCUT2D eigenvalue weighted by Crippen LogP contribution is 2.17. The van der Waals surface area contributed by atoms with E-state index in [-0.39, 0.29) is 6.10 Å². The lowest BCUT2D eigenvalue weighted by molar-refractivity contribution is 0.0845. The van der Waals surface area contributed by atoms with Gasteiger partial charge in [0.1, 0.15) is 5.82 Å². The Morgan fingerprint density at radius 1 is 1.50 bits per heavy atom. The van der Waals surface area contributed by atoms with Crippen LogP contribution in [0.1, 0.15) is 19.4 Å². The third kappa shape index (κ3) is 3.99. The van der Waals surface area contributed by atoms with Crippen LogP contribution in [0.15, 0.2) is 18.3 Å². The molecule has 0 saturated carbocycles. The second kappa shape index (κ2) is 6.71. The Morgan fingerprint density at radius 3 is 2.88 bits per heavy atom. The van der Waals surface area contributed by atoms with Crippen LogP contribution in [-0.2, 0) is 10.6 Å². The van der Waals surface area contributed by atoms with Crippen molar-refractivity contribution in [3.05, 3.63) is 23.9 Å². The zero-order valence-electron chi connectivity index (χ0n) is 10.1. The summed E-state index contributed by atoms with van der Waals surface area (Å²) in [6.45, 7) is 5.58. The molecule has 0 atom stereocenters. The van der Waals surface area contributed by atoms with Gasteiger partial charge in [-0.1, -0.05) is 6.07 Å². The van der Waals surface area contributed by atoms with Crippen molar-refractivity contribution in [1.82, 2.24) is 4.98 Å². The molecule has 0 spiro atoms. The maximum atomic E-state index is 5.86. The molecule has 90 valence electrons. The van der Waals surface area contributed by atoms with Crippen molar-refractivity contribution in [3.8, 4) is 0 Å². The first-order valence-electron chi connectivity index (χ1n) is 5.47. The van der Waals surface area contributed by atoms with Crippen LogP contribution in [0.3, 0.4) is 0 Å². The summed E-state index contributed by atoms with van der Waals surface area (Å²) in [6.07, 6.45) is 2.05. The van der Waals surface area contributed by atoms with Crippen LogP contribution >= 0.6 is 11.6 Å². The number of likely N-dealkylation sites (N-methyl/N-ethyl adjacent to an activating group) is 1. The summed E-state index contributed by atoms with van der Waals surface area (Å²) in [5.74, 6) is 1.42. The van der Waals surface area contributed by atoms with Crippen molar-refractivity contribution >= 4 is 17.4 Å². The number of ether oxygens (including phenoxy) is 1. The maximum absolute atomic E-state index is 5.86. The first-order valence-corrected chi connectivity index (χ1v) is 6.01. The Labute approximate surface area is 102 Å². The van der Waals surface area contributed by atoms with Gasteiger partial charge in [-0.2, -0.15) is 0 Å². The average Bonchev–Trinajstić information content (AvgIpc) is 2.28. The molecule has 0 radical (unpaired) electrons. The third-order valence-electron chi connectivity index (χ3n) is 2.25. The van der Waals surface area contributed by atoms with Crippen molar-refractivity contribution < 1.29 is 4.74 Å². The van der Waals surface area contributed by atoms with Crippen LogP contribution in [0.5, 0.6) is 0 Å². The molecule has 0 saturated heterocycles. The molecule has 0 amide bonds. The van der Waals surface area contributed by atoms with E-state index in [0.717, 1.165) is 17.9 Å². The lowest BCUT2D eigenvalue weighted by Crippen LogP contribution is -2.25. The predicted octanol–water partition coefficient (Wildman–Crippen LogP) is 2.68. The Hall–Kier alpha value is -0.800. The van der Waals surface area contributed by atoms with Gasteiger partial charge in [-0.3, -0.25) is 0 Å². The Kier molecular flexibility index (Phi) is 5.56. The van der Waals surface area contributed by atoms with Crippen LogP contribution < -0.4 is 4.90 Å². The third-order valence-corrected chi connectivity index (χ3v) is 2.54. The maximum Gasteiger partial charge on any atom is 0.132 e. The summed E-state index contributed by atoms with van der Waals surface area (Å²) in [5.41, 5.74) is 1.05. The molecule has 0 aromatic carbocycles. The summed E-state index contributed by atoms with van der Waals surface area (Å²) in [7, 11) is 2.00. The molecule has 4 heteroatoms. The van der Waals surface area contributed by atoms with E-state index in [4.69, 9.17) is 16.3 Å². The molecule has 1 aromatic rings. The van der Waals surface area contributed by atoms with Gasteiger partial charge in [0.05, 0.1) is 18.6 Å². The van der Waals surface area contributed by atoms with Gasteiger partial charge in [0.2, 0.25) is 0 Å². The lowest BCUT2D eigenvalue weighted by atomic mass is 10.3. The number of halogens is 1. The standard InChI is InChI=1S/C12H19ClN2O/c1-10(2)16-8-7-15(3)12-11(9-13)5-4-6-14-12/h4-6,10H,7-9H2,1-3H3. The van der Waals surface area contributed by atoms with Gasteiger partial charge in [-0.15, -0.1) is 11.6 Å². The van der Waals surface area contributed by atoms with Gasteiger partial charge in [-0.25, -0.2) is 4.98 Å². The topological polar surface area (TPSA) is 25.4 Å². The number of hydrogen-bond acceptors (Lipinski definition) is 3. The van der Waals surface area contributed by atoms with Crippen molar-refractivity contribution in [3.63, 3.8) is 0 Å². The second-order valence-corrected chi connectivity index (χ2v) is 4.23. The van der Waals surface area contributed by atoms with E-state index in [9.17, 15) is 0 Å². The van der Waals surface area contributed by atoms with E-state index in [1.165, 1.54) is 0 Å². The molecular weight excluding hydrogens is 224 g/mol. The quantitative estimate of drug-likeness (QED) is 0.718. The Balaban J connectivity index is 2.55. The number of alkyl halides is 1. The summed E-state index contributed by atoms with van der Waals surface area (Å²) >= 11 is 5.86. The number of nitrogens with zero attached hydrogens (tertiary/aromatic N) is 2. The van der Waals surface area contributed by atoms with Gasteiger partial charge in [-0.05, 0) is 19.9 Å². The summed E-state index contributed by atoms with van der Waals surface area (Å²) < 4.78 is 5.51. The van der Waals surface area contributed by atoms with Gasteiger partial charge in [0, 0.05) is 25.4 Å². The summed E-state index contributed by atoms with van der Waals surface area (Å²) in [5, 5.41) is 0. The fraction of sp³-hybridized carbons (Fsp3) is 0.583. The zero-order valence-corrected chi connectivity index (χ0v) is 10.9. The molecule has 0 bridgehead atoms. The van der Waals surface area contributed by atoms with E-state index in [0.29, 0.717) is 12.5 Å². The highest BCUT2D eigenvalue weighted by atomic mass is 35.5. The van der Waals surface area contributed by atoms with Crippen LogP contribution in [0.4, 0.5) is 5.82 Å². The number of aromatic nitrogens is 1. The van der Waals surface area contributed by atoms with E-state index in [1.807, 2.05) is 33.0 Å². The van der Waals surface area contributed by atoms with Crippen molar-refractivity contribution in [1.29, 1.82) is 0 Å². The lowest BCUT2D eigenvalue weighted by Gasteiger charge is -2.20. The molecule has 0 aliphatic rings. The Bertz CT molecular complexity index is 318. The number of anilines is 1. The van der Waals surface area contributed by atoms with Crippen molar-refractivity contribution in [2.75, 3.05) is 25.1 Å². The number of hydrogen-bond donors (Lipinski definition) is 0. The van der Waals surface area contributed by atoms with E-state index in [1.54, 1.807) is 6.20 Å². The van der Waals surface area contributed by atoms with E-state index >= 15 is 0 Å². The molecule has 1 aromatic heterocycles. The zero-order chi connectivity index (χ0) is 12.0. The predicted molar refractivity (Wildman–Crippen MR) is 68.2 cm³/mol. The Morgan fingerprint density at radius 2 is 2.25 bits per heavy atom. The second-order valence-electron chi connectivity index (χ2n) is 3.96. The first-order chi connectivity index (χ1) is 7.65. The van der Waals surface area contributed by atoms with Gasteiger partial charge >= 0.3 is 0 Å². The van der Waals surface area contributed by atoms with Crippen LogP contribution in [0.25, 0.3) is 0 Å². The minimum atomic E-state index is 0.268. The summed E-state index contributed by atoms with van der Waals surface area (Å²) in [4.78, 5) is 6.40. The van der Waals surface area contributed by atoms with E-state index in [2.05, 4.69) is 9.88 Å². The van der Waals surface area contributed by atoms with Gasteiger partial charge < -0.3 is 9.64 Å². The fourth-order valence-corrected chi connectivity index (χ4v) is 1.62. The van der Waals surface area contributed by atoms with Crippen LogP contribution in [0, 0.1) is 0 Å². The van der Waals surface area contributed by atoms with Gasteiger partial charge in [0.15, 0.2) is 0 Å². The molecule has 16 heavy (non-hydrogen) atoms. The molecule has 0 fully saturated rings. The van der Waals surface area contributed by atoms with Crippen LogP contribution in [-0.4, -0.2) is 31.3 Å². The largest absolute Gasteiger partial charge is 0.377 e.